The molecule has 0 unspecified atom stereocenters. The molecule has 1 saturated heterocycles. The predicted octanol–water partition coefficient (Wildman–Crippen LogP) is 2.63. The number of carbonyl (C=O) groups excluding carboxylic acids is 1. The first kappa shape index (κ1) is 21.1. The van der Waals surface area contributed by atoms with Crippen LogP contribution in [0.25, 0.3) is 16.7 Å². The molecule has 1 fully saturated rings. The third kappa shape index (κ3) is 3.72. The molecule has 1 N–H and O–H groups in total. The lowest BCUT2D eigenvalue weighted by Crippen LogP contribution is -2.48. The van der Waals surface area contributed by atoms with Gasteiger partial charge in [-0.15, -0.1) is 0 Å². The summed E-state index contributed by atoms with van der Waals surface area (Å²) in [4.78, 5) is 46.1. The van der Waals surface area contributed by atoms with E-state index in [1.165, 1.54) is 0 Å². The van der Waals surface area contributed by atoms with Crippen LogP contribution >= 0.6 is 11.6 Å². The number of benzene rings is 2. The maximum atomic E-state index is 13.3. The number of aromatic nitrogens is 3. The summed E-state index contributed by atoms with van der Waals surface area (Å²) in [6.45, 7) is 2.52. The second kappa shape index (κ2) is 8.29. The second-order valence-electron chi connectivity index (χ2n) is 8.04. The third-order valence-corrected chi connectivity index (χ3v) is 6.28. The highest BCUT2D eigenvalue weighted by molar-refractivity contribution is 6.30. The van der Waals surface area contributed by atoms with Crippen molar-refractivity contribution in [3.05, 3.63) is 92.2 Å². The van der Waals surface area contributed by atoms with E-state index in [1.54, 1.807) is 47.0 Å². The van der Waals surface area contributed by atoms with Crippen LogP contribution in [0.3, 0.4) is 0 Å². The molecule has 2 aromatic heterocycles. The third-order valence-electron chi connectivity index (χ3n) is 6.03. The normalized spacial score (nSPS) is 14.1. The summed E-state index contributed by atoms with van der Waals surface area (Å²) in [6, 6.07) is 16.5. The number of rotatable bonds is 3. The Bertz CT molecular complexity index is 1450. The SMILES string of the molecule is Cn1cc(C(=O)N2CCN(c3ccccc3)CC2)c2[nH]c(=O)n(-c3ccc(Cl)cc3)c(=O)c21. The molecular formula is C24H22ClN5O3. The van der Waals surface area contributed by atoms with Crippen molar-refractivity contribution in [2.24, 2.45) is 7.05 Å². The highest BCUT2D eigenvalue weighted by Crippen LogP contribution is 2.20. The molecule has 3 heterocycles. The number of nitrogens with zero attached hydrogens (tertiary/aromatic N) is 4. The zero-order valence-electron chi connectivity index (χ0n) is 18.0. The van der Waals surface area contributed by atoms with E-state index in [-0.39, 0.29) is 16.9 Å². The number of amides is 1. The molecule has 1 aliphatic rings. The van der Waals surface area contributed by atoms with Gasteiger partial charge in [-0.25, -0.2) is 9.36 Å². The van der Waals surface area contributed by atoms with Gasteiger partial charge in [-0.1, -0.05) is 29.8 Å². The van der Waals surface area contributed by atoms with Crippen molar-refractivity contribution in [1.29, 1.82) is 0 Å². The van der Waals surface area contributed by atoms with Crippen molar-refractivity contribution in [2.45, 2.75) is 0 Å². The van der Waals surface area contributed by atoms with Gasteiger partial charge < -0.3 is 19.4 Å². The summed E-state index contributed by atoms with van der Waals surface area (Å²) in [5.41, 5.74) is 1.26. The number of para-hydroxylation sites is 1. The van der Waals surface area contributed by atoms with Crippen LogP contribution in [0.4, 0.5) is 5.69 Å². The van der Waals surface area contributed by atoms with Crippen LogP contribution in [0.5, 0.6) is 0 Å². The van der Waals surface area contributed by atoms with Gasteiger partial charge in [0.15, 0.2) is 0 Å². The first-order chi connectivity index (χ1) is 15.9. The number of H-pyrrole nitrogens is 1. The van der Waals surface area contributed by atoms with Crippen molar-refractivity contribution in [3.8, 4) is 5.69 Å². The van der Waals surface area contributed by atoms with Gasteiger partial charge in [0, 0.05) is 50.1 Å². The van der Waals surface area contributed by atoms with Crippen LogP contribution in [0.15, 0.2) is 70.4 Å². The summed E-state index contributed by atoms with van der Waals surface area (Å²) in [6.07, 6.45) is 1.61. The Morgan fingerprint density at radius 3 is 2.24 bits per heavy atom. The Morgan fingerprint density at radius 2 is 1.58 bits per heavy atom. The number of piperazine rings is 1. The Hall–Kier alpha value is -3.78. The van der Waals surface area contributed by atoms with Crippen molar-refractivity contribution < 1.29 is 4.79 Å². The van der Waals surface area contributed by atoms with Crippen LogP contribution in [0, 0.1) is 0 Å². The van der Waals surface area contributed by atoms with E-state index in [2.05, 4.69) is 22.0 Å². The van der Waals surface area contributed by atoms with Gasteiger partial charge in [-0.3, -0.25) is 9.59 Å². The van der Waals surface area contributed by atoms with E-state index >= 15 is 0 Å². The molecule has 0 aliphatic carbocycles. The van der Waals surface area contributed by atoms with Crippen molar-refractivity contribution in [2.75, 3.05) is 31.1 Å². The van der Waals surface area contributed by atoms with Crippen LogP contribution in [-0.4, -0.2) is 51.1 Å². The van der Waals surface area contributed by atoms with Gasteiger partial charge in [-0.2, -0.15) is 0 Å². The van der Waals surface area contributed by atoms with Crippen LogP contribution in [0.2, 0.25) is 5.02 Å². The Labute approximate surface area is 194 Å². The number of anilines is 1. The minimum absolute atomic E-state index is 0.201. The minimum atomic E-state index is -0.607. The quantitative estimate of drug-likeness (QED) is 0.506. The molecule has 0 spiro atoms. The molecule has 4 aromatic rings. The summed E-state index contributed by atoms with van der Waals surface area (Å²) in [5, 5.41) is 0.503. The van der Waals surface area contributed by atoms with Crippen molar-refractivity contribution in [3.63, 3.8) is 0 Å². The lowest BCUT2D eigenvalue weighted by Gasteiger charge is -2.36. The molecule has 33 heavy (non-hydrogen) atoms. The van der Waals surface area contributed by atoms with E-state index in [1.807, 2.05) is 18.2 Å². The number of aryl methyl sites for hydroxylation is 1. The van der Waals surface area contributed by atoms with Crippen LogP contribution < -0.4 is 16.1 Å². The van der Waals surface area contributed by atoms with Gasteiger partial charge >= 0.3 is 5.69 Å². The van der Waals surface area contributed by atoms with Gasteiger partial charge in [0.2, 0.25) is 0 Å². The number of halogens is 1. The number of hydrogen-bond donors (Lipinski definition) is 1. The van der Waals surface area contributed by atoms with E-state index in [9.17, 15) is 14.4 Å². The topological polar surface area (TPSA) is 83.3 Å². The average molecular weight is 464 g/mol. The fourth-order valence-corrected chi connectivity index (χ4v) is 4.46. The zero-order chi connectivity index (χ0) is 23.1. The Balaban J connectivity index is 1.47. The Kier molecular flexibility index (Phi) is 5.30. The molecule has 0 saturated carbocycles. The van der Waals surface area contributed by atoms with E-state index in [0.717, 1.165) is 10.3 Å². The first-order valence-corrected chi connectivity index (χ1v) is 11.0. The monoisotopic (exact) mass is 463 g/mol. The zero-order valence-corrected chi connectivity index (χ0v) is 18.7. The Morgan fingerprint density at radius 1 is 0.909 bits per heavy atom. The average Bonchev–Trinajstić information content (AvgIpc) is 3.16. The van der Waals surface area contributed by atoms with Gasteiger partial charge in [-0.05, 0) is 36.4 Å². The summed E-state index contributed by atoms with van der Waals surface area (Å²) >= 11 is 5.93. The summed E-state index contributed by atoms with van der Waals surface area (Å²) in [5.74, 6) is -0.201. The van der Waals surface area contributed by atoms with Crippen LogP contribution in [0.1, 0.15) is 10.4 Å². The fourth-order valence-electron chi connectivity index (χ4n) is 4.34. The molecule has 1 aliphatic heterocycles. The smallest absolute Gasteiger partial charge is 0.333 e. The molecule has 1 amide bonds. The summed E-state index contributed by atoms with van der Waals surface area (Å²) in [7, 11) is 1.69. The maximum absolute atomic E-state index is 13.3. The first-order valence-electron chi connectivity index (χ1n) is 10.6. The van der Waals surface area contributed by atoms with Gasteiger partial charge in [0.1, 0.15) is 5.52 Å². The van der Waals surface area contributed by atoms with E-state index < -0.39 is 11.2 Å². The maximum Gasteiger partial charge on any atom is 0.333 e. The highest BCUT2D eigenvalue weighted by atomic mass is 35.5. The fraction of sp³-hybridized carbons (Fsp3) is 0.208. The van der Waals surface area contributed by atoms with Crippen LogP contribution in [-0.2, 0) is 7.05 Å². The molecule has 0 radical (unpaired) electrons. The summed E-state index contributed by atoms with van der Waals surface area (Å²) < 4.78 is 2.64. The number of carbonyl (C=O) groups is 1. The number of hydrogen-bond acceptors (Lipinski definition) is 4. The molecule has 9 heteroatoms. The highest BCUT2D eigenvalue weighted by Gasteiger charge is 2.26. The lowest BCUT2D eigenvalue weighted by molar-refractivity contribution is 0.0748. The number of nitrogens with one attached hydrogen (secondary N) is 1. The lowest BCUT2D eigenvalue weighted by atomic mass is 10.2. The molecular weight excluding hydrogens is 442 g/mol. The molecule has 8 nitrogen and oxygen atoms in total. The molecule has 5 rings (SSSR count). The number of aromatic amines is 1. The second-order valence-corrected chi connectivity index (χ2v) is 8.48. The standard InChI is InChI=1S/C24H22ClN5O3/c1-27-15-19(22(31)29-13-11-28(12-14-29)17-5-3-2-4-6-17)20-21(27)23(32)30(24(33)26-20)18-9-7-16(25)8-10-18/h2-10,15H,11-14H2,1H3,(H,26,33). The predicted molar refractivity (Wildman–Crippen MR) is 129 cm³/mol. The molecule has 0 bridgehead atoms. The minimum Gasteiger partial charge on any atom is -0.368 e. The van der Waals surface area contributed by atoms with Gasteiger partial charge in [0.05, 0.1) is 16.8 Å². The molecule has 0 atom stereocenters. The van der Waals surface area contributed by atoms with E-state index in [0.29, 0.717) is 42.5 Å². The van der Waals surface area contributed by atoms with Gasteiger partial charge in [0.25, 0.3) is 11.5 Å². The number of fused-ring (bicyclic) bond motifs is 1. The van der Waals surface area contributed by atoms with E-state index in [4.69, 9.17) is 11.6 Å². The molecule has 2 aromatic carbocycles. The van der Waals surface area contributed by atoms with Crippen molar-refractivity contribution in [1.82, 2.24) is 19.0 Å². The largest absolute Gasteiger partial charge is 0.368 e. The molecule has 168 valence electrons. The van der Waals surface area contributed by atoms with Crippen molar-refractivity contribution >= 4 is 34.2 Å².